The van der Waals surface area contributed by atoms with Crippen molar-refractivity contribution in [1.82, 2.24) is 9.80 Å². The van der Waals surface area contributed by atoms with Crippen molar-refractivity contribution < 1.29 is 30.0 Å². The summed E-state index contributed by atoms with van der Waals surface area (Å²) in [5, 5.41) is 43.8. The van der Waals surface area contributed by atoms with Gasteiger partial charge in [-0.2, -0.15) is 0 Å². The van der Waals surface area contributed by atoms with Crippen LogP contribution in [0.2, 0.25) is 0 Å². The molecule has 0 fully saturated rings. The smallest absolute Gasteiger partial charge is 0.215 e. The van der Waals surface area contributed by atoms with Gasteiger partial charge in [0.15, 0.2) is 0 Å². The van der Waals surface area contributed by atoms with Gasteiger partial charge in [0.1, 0.15) is 0 Å². The van der Waals surface area contributed by atoms with Gasteiger partial charge >= 0.3 is 0 Å². The minimum absolute atomic E-state index is 0.123. The fraction of sp³-hybridized carbons (Fsp3) is 0.930. The van der Waals surface area contributed by atoms with Crippen LogP contribution in [0.5, 0.6) is 0 Å². The molecule has 0 aliphatic carbocycles. The molecule has 4 atom stereocenters. The lowest BCUT2D eigenvalue weighted by atomic mass is 10.0. The van der Waals surface area contributed by atoms with Crippen molar-refractivity contribution in [3.05, 3.63) is 11.6 Å². The molecule has 4 unspecified atom stereocenters. The molecule has 4 N–H and O–H groups in total. The van der Waals surface area contributed by atoms with Crippen LogP contribution in [0.15, 0.2) is 11.6 Å². The van der Waals surface area contributed by atoms with Crippen LogP contribution in [-0.4, -0.2) is 116 Å². The number of hydrogen-bond acceptors (Lipinski definition) is 10. The lowest BCUT2D eigenvalue weighted by Crippen LogP contribution is -2.39. The highest BCUT2D eigenvalue weighted by atomic mass is 32.2. The molecule has 0 aliphatic rings. The van der Waals surface area contributed by atoms with E-state index in [-0.39, 0.29) is 10.2 Å². The van der Waals surface area contributed by atoms with Gasteiger partial charge in [-0.3, -0.25) is 19.4 Å². The van der Waals surface area contributed by atoms with Gasteiger partial charge in [0.25, 0.3) is 0 Å². The van der Waals surface area contributed by atoms with Crippen molar-refractivity contribution >= 4 is 33.8 Å². The molecule has 0 heterocycles. The predicted molar refractivity (Wildman–Crippen MR) is 295 cm³/mol. The molecule has 0 aliphatic heterocycles. The van der Waals surface area contributed by atoms with Crippen LogP contribution >= 0.6 is 23.5 Å². The lowest BCUT2D eigenvalue weighted by molar-refractivity contribution is -0.109. The standard InChI is InChI=1S/C57H112N2O6S2/c1-6-10-14-18-22-26-30-34-38-52(60)47-58(48-53(61)39-35-31-27-23-19-15-11-7-2)42-44-66-56(64)46-51(5)57(65)67-45-43-59(49-54(62)40-36-32-28-24-20-16-12-8-3)50-55(63)41-37-33-29-25-21-17-13-9-4/h46,52-55,60-63H,6-45,47-50H2,1-5H3/b51-46-. The van der Waals surface area contributed by atoms with Gasteiger partial charge in [-0.15, -0.1) is 0 Å². The molecule has 0 saturated carbocycles. The van der Waals surface area contributed by atoms with E-state index in [4.69, 9.17) is 0 Å². The summed E-state index contributed by atoms with van der Waals surface area (Å²) in [4.78, 5) is 30.6. The molecule has 0 bridgehead atoms. The molecule has 67 heavy (non-hydrogen) atoms. The van der Waals surface area contributed by atoms with E-state index < -0.39 is 24.4 Å². The minimum Gasteiger partial charge on any atom is -0.392 e. The Morgan fingerprint density at radius 1 is 0.388 bits per heavy atom. The zero-order valence-corrected chi connectivity index (χ0v) is 46.4. The Hall–Kier alpha value is -0.460. The second-order valence-electron chi connectivity index (χ2n) is 20.3. The second-order valence-corrected chi connectivity index (χ2v) is 22.5. The molecule has 0 saturated heterocycles. The van der Waals surface area contributed by atoms with Crippen molar-refractivity contribution in [2.24, 2.45) is 0 Å². The quantitative estimate of drug-likeness (QED) is 0.0346. The number of hydrogen-bond donors (Lipinski definition) is 4. The van der Waals surface area contributed by atoms with E-state index in [1.807, 2.05) is 0 Å². The van der Waals surface area contributed by atoms with Gasteiger partial charge < -0.3 is 20.4 Å². The number of carbonyl (C=O) groups is 2. The zero-order chi connectivity index (χ0) is 49.4. The third-order valence-corrected chi connectivity index (χ3v) is 15.1. The highest BCUT2D eigenvalue weighted by Gasteiger charge is 2.19. The highest BCUT2D eigenvalue weighted by Crippen LogP contribution is 2.19. The van der Waals surface area contributed by atoms with Gasteiger partial charge in [-0.1, -0.05) is 257 Å². The molecule has 0 rings (SSSR count). The van der Waals surface area contributed by atoms with Crippen LogP contribution in [0.1, 0.15) is 266 Å². The van der Waals surface area contributed by atoms with Gasteiger partial charge in [0.05, 0.1) is 24.4 Å². The second kappa shape index (κ2) is 50.5. The molecule has 0 amide bonds. The summed E-state index contributed by atoms with van der Waals surface area (Å²) in [5.41, 5.74) is 0.428. The molecular formula is C57H112N2O6S2. The molecule has 0 spiro atoms. The summed E-state index contributed by atoms with van der Waals surface area (Å²) < 4.78 is 0. The normalized spacial score (nSPS) is 14.0. The Balaban J connectivity index is 5.13. The van der Waals surface area contributed by atoms with E-state index in [0.717, 1.165) is 77.0 Å². The maximum Gasteiger partial charge on any atom is 0.215 e. The number of aliphatic hydroxyl groups is 4. The topological polar surface area (TPSA) is 122 Å². The molecule has 10 heteroatoms. The van der Waals surface area contributed by atoms with Gasteiger partial charge in [0.2, 0.25) is 10.2 Å². The molecule has 0 aromatic rings. The van der Waals surface area contributed by atoms with E-state index in [1.165, 1.54) is 184 Å². The Kier molecular flexibility index (Phi) is 50.1. The average molecular weight is 986 g/mol. The van der Waals surface area contributed by atoms with E-state index >= 15 is 0 Å². The maximum absolute atomic E-state index is 13.2. The number of carbonyl (C=O) groups excluding carboxylic acids is 2. The van der Waals surface area contributed by atoms with E-state index in [1.54, 1.807) is 6.92 Å². The van der Waals surface area contributed by atoms with Crippen molar-refractivity contribution in [3.8, 4) is 0 Å². The SMILES string of the molecule is CCCCCCCCCCC(O)CN(CCSC(=O)/C=C(/C)C(=O)SCCN(CC(O)CCCCCCCCCC)CC(O)CCCCCCCCCC)CC(O)CCCCCCCCCC. The molecule has 398 valence electrons. The minimum atomic E-state index is -0.459. The van der Waals surface area contributed by atoms with Crippen molar-refractivity contribution in [1.29, 1.82) is 0 Å². The number of nitrogens with zero attached hydrogens (tertiary/aromatic N) is 2. The summed E-state index contributed by atoms with van der Waals surface area (Å²) in [5.74, 6) is 1.05. The van der Waals surface area contributed by atoms with E-state index in [9.17, 15) is 30.0 Å². The van der Waals surface area contributed by atoms with Crippen LogP contribution in [0.4, 0.5) is 0 Å². The first-order chi connectivity index (χ1) is 32.6. The predicted octanol–water partition coefficient (Wildman–Crippen LogP) is 14.6. The number of aliphatic hydroxyl groups excluding tert-OH is 4. The lowest BCUT2D eigenvalue weighted by Gasteiger charge is -2.27. The molecule has 0 aromatic heterocycles. The first-order valence-electron chi connectivity index (χ1n) is 28.7. The first-order valence-corrected chi connectivity index (χ1v) is 30.7. The summed E-state index contributed by atoms with van der Waals surface area (Å²) in [6.45, 7) is 13.8. The summed E-state index contributed by atoms with van der Waals surface area (Å²) in [7, 11) is 0. The highest BCUT2D eigenvalue weighted by molar-refractivity contribution is 8.14. The zero-order valence-electron chi connectivity index (χ0n) is 44.8. The third kappa shape index (κ3) is 46.4. The summed E-state index contributed by atoms with van der Waals surface area (Å²) >= 11 is 2.40. The fourth-order valence-electron chi connectivity index (χ4n) is 9.06. The van der Waals surface area contributed by atoms with Crippen molar-refractivity contribution in [2.45, 2.75) is 290 Å². The van der Waals surface area contributed by atoms with E-state index in [0.29, 0.717) is 56.3 Å². The van der Waals surface area contributed by atoms with Crippen LogP contribution in [-0.2, 0) is 9.59 Å². The molecule has 8 nitrogen and oxygen atoms in total. The Bertz CT molecular complexity index is 1060. The molecule has 0 aromatic carbocycles. The summed E-state index contributed by atoms with van der Waals surface area (Å²) in [6, 6.07) is 0. The third-order valence-electron chi connectivity index (χ3n) is 13.4. The largest absolute Gasteiger partial charge is 0.392 e. The van der Waals surface area contributed by atoms with E-state index in [2.05, 4.69) is 37.5 Å². The number of thioether (sulfide) groups is 2. The van der Waals surface area contributed by atoms with Crippen LogP contribution in [0.25, 0.3) is 0 Å². The average Bonchev–Trinajstić information content (AvgIpc) is 3.29. The number of rotatable bonds is 52. The van der Waals surface area contributed by atoms with Crippen LogP contribution < -0.4 is 0 Å². The Labute approximate surface area is 424 Å². The Morgan fingerprint density at radius 3 is 0.896 bits per heavy atom. The first kappa shape index (κ1) is 66.5. The van der Waals surface area contributed by atoms with Gasteiger partial charge in [-0.25, -0.2) is 0 Å². The molecule has 0 radical (unpaired) electrons. The fourth-order valence-corrected chi connectivity index (χ4v) is 10.7. The van der Waals surface area contributed by atoms with Gasteiger partial charge in [-0.05, 0) is 38.7 Å². The van der Waals surface area contributed by atoms with Crippen molar-refractivity contribution in [3.63, 3.8) is 0 Å². The Morgan fingerprint density at radius 2 is 0.627 bits per heavy atom. The summed E-state index contributed by atoms with van der Waals surface area (Å²) in [6.07, 6.45) is 41.9. The maximum atomic E-state index is 13.2. The van der Waals surface area contributed by atoms with Crippen molar-refractivity contribution in [2.75, 3.05) is 50.8 Å². The molecular weight excluding hydrogens is 873 g/mol. The number of unbranched alkanes of at least 4 members (excludes halogenated alkanes) is 28. The van der Waals surface area contributed by atoms with Crippen LogP contribution in [0.3, 0.4) is 0 Å². The monoisotopic (exact) mass is 985 g/mol. The van der Waals surface area contributed by atoms with Gasteiger partial charge in [0, 0.05) is 56.3 Å². The van der Waals surface area contributed by atoms with Crippen LogP contribution in [0, 0.1) is 0 Å².